The largest absolute Gasteiger partial charge is 0.459 e. The third kappa shape index (κ3) is 2.35. The van der Waals surface area contributed by atoms with Crippen LogP contribution in [-0.2, 0) is 0 Å². The van der Waals surface area contributed by atoms with Crippen molar-refractivity contribution in [3.05, 3.63) is 69.9 Å². The van der Waals surface area contributed by atoms with Gasteiger partial charge in [-0.2, -0.15) is 0 Å². The topological polar surface area (TPSA) is 39.2 Å². The number of para-hydroxylation sites is 1. The Morgan fingerprint density at radius 2 is 1.79 bits per heavy atom. The monoisotopic (exact) mass is 291 g/mol. The summed E-state index contributed by atoms with van der Waals surface area (Å²) in [6.07, 6.45) is 0. The molecular formula is C15H11Cl2NO. The molecule has 0 bridgehead atoms. The first-order chi connectivity index (χ1) is 9.15. The van der Waals surface area contributed by atoms with Gasteiger partial charge in [-0.15, -0.1) is 0 Å². The minimum atomic E-state index is -0.432. The zero-order valence-corrected chi connectivity index (χ0v) is 11.4. The van der Waals surface area contributed by atoms with Crippen molar-refractivity contribution in [3.63, 3.8) is 0 Å². The van der Waals surface area contributed by atoms with Crippen LogP contribution in [-0.4, -0.2) is 0 Å². The molecule has 0 aliphatic carbocycles. The molecule has 96 valence electrons. The first-order valence-corrected chi connectivity index (χ1v) is 6.60. The van der Waals surface area contributed by atoms with E-state index < -0.39 is 6.04 Å². The maximum absolute atomic E-state index is 6.21. The average molecular weight is 292 g/mol. The van der Waals surface area contributed by atoms with Crippen LogP contribution in [0.1, 0.15) is 17.4 Å². The smallest absolute Gasteiger partial charge is 0.134 e. The van der Waals surface area contributed by atoms with Crippen molar-refractivity contribution < 1.29 is 4.42 Å². The molecule has 3 aromatic rings. The minimum Gasteiger partial charge on any atom is -0.459 e. The highest BCUT2D eigenvalue weighted by molar-refractivity contribution is 6.33. The Bertz CT molecular complexity index is 703. The average Bonchev–Trinajstić information content (AvgIpc) is 2.84. The van der Waals surface area contributed by atoms with Crippen molar-refractivity contribution in [2.45, 2.75) is 6.04 Å². The summed E-state index contributed by atoms with van der Waals surface area (Å²) in [6, 6.07) is 14.5. The van der Waals surface area contributed by atoms with Crippen molar-refractivity contribution in [3.8, 4) is 0 Å². The van der Waals surface area contributed by atoms with Gasteiger partial charge in [0.1, 0.15) is 11.3 Å². The molecule has 0 aliphatic rings. The minimum absolute atomic E-state index is 0.432. The van der Waals surface area contributed by atoms with Crippen molar-refractivity contribution >= 4 is 34.2 Å². The lowest BCUT2D eigenvalue weighted by atomic mass is 10.1. The van der Waals surface area contributed by atoms with Crippen LogP contribution >= 0.6 is 23.2 Å². The van der Waals surface area contributed by atoms with Gasteiger partial charge in [0.05, 0.1) is 6.04 Å². The third-order valence-corrected chi connectivity index (χ3v) is 3.62. The number of rotatable bonds is 2. The summed E-state index contributed by atoms with van der Waals surface area (Å²) in [5, 5.41) is 2.20. The molecular weight excluding hydrogens is 281 g/mol. The number of hydrogen-bond acceptors (Lipinski definition) is 2. The Morgan fingerprint density at radius 3 is 2.58 bits per heavy atom. The Balaban J connectivity index is 2.07. The number of benzene rings is 2. The highest BCUT2D eigenvalue weighted by atomic mass is 35.5. The summed E-state index contributed by atoms with van der Waals surface area (Å²) >= 11 is 12.1. The molecule has 2 nitrogen and oxygen atoms in total. The van der Waals surface area contributed by atoms with Gasteiger partial charge in [-0.3, -0.25) is 0 Å². The van der Waals surface area contributed by atoms with Crippen LogP contribution in [0, 0.1) is 0 Å². The molecule has 0 spiro atoms. The molecule has 0 amide bonds. The third-order valence-electron chi connectivity index (χ3n) is 3.04. The number of fused-ring (bicyclic) bond motifs is 1. The van der Waals surface area contributed by atoms with Crippen LogP contribution < -0.4 is 5.73 Å². The molecule has 0 saturated carbocycles. The second-order valence-electron chi connectivity index (χ2n) is 4.33. The fraction of sp³-hybridized carbons (Fsp3) is 0.0667. The van der Waals surface area contributed by atoms with Crippen LogP contribution in [0.25, 0.3) is 11.0 Å². The second kappa shape index (κ2) is 4.89. The zero-order valence-electron chi connectivity index (χ0n) is 9.94. The summed E-state index contributed by atoms with van der Waals surface area (Å²) < 4.78 is 5.75. The van der Waals surface area contributed by atoms with E-state index in [0.717, 1.165) is 16.5 Å². The van der Waals surface area contributed by atoms with E-state index in [1.165, 1.54) is 0 Å². The summed E-state index contributed by atoms with van der Waals surface area (Å²) in [5.74, 6) is 0.672. The SMILES string of the molecule is NC(c1cc2ccccc2o1)c1cc(Cl)ccc1Cl. The second-order valence-corrected chi connectivity index (χ2v) is 5.17. The van der Waals surface area contributed by atoms with Crippen LogP contribution in [0.5, 0.6) is 0 Å². The molecule has 2 N–H and O–H groups in total. The maximum atomic E-state index is 6.21. The first kappa shape index (κ1) is 12.5. The molecule has 1 aromatic heterocycles. The fourth-order valence-corrected chi connectivity index (χ4v) is 2.48. The van der Waals surface area contributed by atoms with Crippen LogP contribution in [0.2, 0.25) is 10.0 Å². The Morgan fingerprint density at radius 1 is 1.00 bits per heavy atom. The number of hydrogen-bond donors (Lipinski definition) is 1. The molecule has 0 aliphatic heterocycles. The van der Waals surface area contributed by atoms with Crippen molar-refractivity contribution in [2.75, 3.05) is 0 Å². The molecule has 4 heteroatoms. The van der Waals surface area contributed by atoms with Gasteiger partial charge < -0.3 is 10.2 Å². The van der Waals surface area contributed by atoms with Crippen molar-refractivity contribution in [2.24, 2.45) is 5.73 Å². The van der Waals surface area contributed by atoms with Crippen molar-refractivity contribution in [1.82, 2.24) is 0 Å². The summed E-state index contributed by atoms with van der Waals surface area (Å²) in [7, 11) is 0. The van der Waals surface area contributed by atoms with E-state index in [-0.39, 0.29) is 0 Å². The predicted octanol–water partition coefficient (Wildman–Crippen LogP) is 4.79. The predicted molar refractivity (Wildman–Crippen MR) is 78.7 cm³/mol. The summed E-state index contributed by atoms with van der Waals surface area (Å²) in [4.78, 5) is 0. The number of nitrogens with two attached hydrogens (primary N) is 1. The van der Waals surface area contributed by atoms with E-state index in [4.69, 9.17) is 33.4 Å². The molecule has 2 aromatic carbocycles. The van der Waals surface area contributed by atoms with Gasteiger partial charge in [0.15, 0.2) is 0 Å². The molecule has 0 fully saturated rings. The quantitative estimate of drug-likeness (QED) is 0.737. The maximum Gasteiger partial charge on any atom is 0.134 e. The van der Waals surface area contributed by atoms with E-state index >= 15 is 0 Å². The highest BCUT2D eigenvalue weighted by Gasteiger charge is 2.17. The first-order valence-electron chi connectivity index (χ1n) is 5.84. The highest BCUT2D eigenvalue weighted by Crippen LogP contribution is 2.31. The normalized spacial score (nSPS) is 12.8. The lowest BCUT2D eigenvalue weighted by molar-refractivity contribution is 0.525. The van der Waals surface area contributed by atoms with Gasteiger partial charge >= 0.3 is 0 Å². The van der Waals surface area contributed by atoms with Gasteiger partial charge in [-0.1, -0.05) is 41.4 Å². The van der Waals surface area contributed by atoms with Crippen LogP contribution in [0.4, 0.5) is 0 Å². The lowest BCUT2D eigenvalue weighted by Crippen LogP contribution is -2.11. The van der Waals surface area contributed by atoms with E-state index in [0.29, 0.717) is 15.8 Å². The van der Waals surface area contributed by atoms with E-state index in [1.54, 1.807) is 18.2 Å². The van der Waals surface area contributed by atoms with Crippen LogP contribution in [0.15, 0.2) is 52.9 Å². The van der Waals surface area contributed by atoms with Crippen LogP contribution in [0.3, 0.4) is 0 Å². The van der Waals surface area contributed by atoms with Gasteiger partial charge in [0, 0.05) is 15.4 Å². The lowest BCUT2D eigenvalue weighted by Gasteiger charge is -2.11. The Hall–Kier alpha value is -1.48. The summed E-state index contributed by atoms with van der Waals surface area (Å²) in [6.45, 7) is 0. The Kier molecular flexibility index (Phi) is 3.23. The molecule has 19 heavy (non-hydrogen) atoms. The Labute approximate surface area is 120 Å². The number of halogens is 2. The zero-order chi connectivity index (χ0) is 13.4. The molecule has 1 heterocycles. The van der Waals surface area contributed by atoms with Gasteiger partial charge in [-0.05, 0) is 35.9 Å². The summed E-state index contributed by atoms with van der Waals surface area (Å²) in [5.41, 5.74) is 7.78. The standard InChI is InChI=1S/C15H11Cl2NO/c16-10-5-6-12(17)11(8-10)15(18)14-7-9-3-1-2-4-13(9)19-14/h1-8,15H,18H2. The molecule has 1 atom stereocenters. The van der Waals surface area contributed by atoms with Gasteiger partial charge in [-0.25, -0.2) is 0 Å². The van der Waals surface area contributed by atoms with Gasteiger partial charge in [0.25, 0.3) is 0 Å². The van der Waals surface area contributed by atoms with E-state index in [2.05, 4.69) is 0 Å². The number of furan rings is 1. The van der Waals surface area contributed by atoms with Crippen molar-refractivity contribution in [1.29, 1.82) is 0 Å². The van der Waals surface area contributed by atoms with Gasteiger partial charge in [0.2, 0.25) is 0 Å². The fourth-order valence-electron chi connectivity index (χ4n) is 2.06. The van der Waals surface area contributed by atoms with E-state index in [1.807, 2.05) is 30.3 Å². The molecule has 0 saturated heterocycles. The molecule has 0 radical (unpaired) electrons. The molecule has 3 rings (SSSR count). The van der Waals surface area contributed by atoms with E-state index in [9.17, 15) is 0 Å². The molecule has 1 unspecified atom stereocenters.